The molecule has 0 radical (unpaired) electrons. The summed E-state index contributed by atoms with van der Waals surface area (Å²) in [5.74, 6) is 1.42. The van der Waals surface area contributed by atoms with Gasteiger partial charge in [-0.15, -0.1) is 0 Å². The van der Waals surface area contributed by atoms with E-state index >= 15 is 0 Å². The molecule has 1 atom stereocenters. The van der Waals surface area contributed by atoms with Gasteiger partial charge in [-0.3, -0.25) is 9.59 Å². The lowest BCUT2D eigenvalue weighted by Gasteiger charge is -2.27. The molecule has 2 aliphatic rings. The Bertz CT molecular complexity index is 699. The van der Waals surface area contributed by atoms with E-state index in [1.54, 1.807) is 0 Å². The topological polar surface area (TPSA) is 95.1 Å². The Kier molecular flexibility index (Phi) is 6.21. The fourth-order valence-corrected chi connectivity index (χ4v) is 3.88. The average molecular weight is 376 g/mol. The molecule has 2 aliphatic heterocycles. The second-order valence-electron chi connectivity index (χ2n) is 7.51. The Labute approximate surface area is 160 Å². The van der Waals surface area contributed by atoms with Crippen LogP contribution in [0.1, 0.15) is 37.8 Å². The second kappa shape index (κ2) is 8.61. The number of nitrogens with two attached hydrogens (primary N) is 1. The lowest BCUT2D eigenvalue weighted by Crippen LogP contribution is -3.14. The number of benzene rings is 1. The molecule has 4 N–H and O–H groups in total. The summed E-state index contributed by atoms with van der Waals surface area (Å²) in [7, 11) is 0. The standard InChI is InChI=1S/C20H29N3O4/c1-3-26-17-9-15-8-13(2)27-18(15)10-16(17)11-22-19(24)12-23-6-4-14(5-7-23)20(21)25/h9-10,13-14H,3-8,11-12H2,1-2H3,(H2,21,25)(H,22,24)/p+1/t13-/m1/s1. The second-order valence-corrected chi connectivity index (χ2v) is 7.51. The van der Waals surface area contributed by atoms with Gasteiger partial charge in [0.1, 0.15) is 17.6 Å². The maximum absolute atomic E-state index is 12.4. The van der Waals surface area contributed by atoms with Crippen LogP contribution in [0.15, 0.2) is 12.1 Å². The van der Waals surface area contributed by atoms with Crippen LogP contribution in [-0.4, -0.2) is 44.2 Å². The van der Waals surface area contributed by atoms with Crippen molar-refractivity contribution in [2.75, 3.05) is 26.2 Å². The van der Waals surface area contributed by atoms with E-state index in [2.05, 4.69) is 5.32 Å². The minimum absolute atomic E-state index is 0.000224. The molecular formula is C20H30N3O4+. The van der Waals surface area contributed by atoms with Gasteiger partial charge in [0.25, 0.3) is 5.91 Å². The van der Waals surface area contributed by atoms with Crippen molar-refractivity contribution in [3.63, 3.8) is 0 Å². The number of amides is 2. The molecule has 2 amide bonds. The number of fused-ring (bicyclic) bond motifs is 1. The van der Waals surface area contributed by atoms with Gasteiger partial charge in [-0.2, -0.15) is 0 Å². The highest BCUT2D eigenvalue weighted by atomic mass is 16.5. The summed E-state index contributed by atoms with van der Waals surface area (Å²) < 4.78 is 11.6. The molecule has 1 saturated heterocycles. The number of hydrogen-bond donors (Lipinski definition) is 3. The third-order valence-corrected chi connectivity index (χ3v) is 5.36. The predicted octanol–water partition coefficient (Wildman–Crippen LogP) is -0.195. The quantitative estimate of drug-likeness (QED) is 0.614. The Morgan fingerprint density at radius 3 is 2.74 bits per heavy atom. The first kappa shape index (κ1) is 19.5. The first-order valence-corrected chi connectivity index (χ1v) is 9.81. The van der Waals surface area contributed by atoms with Gasteiger partial charge in [0.2, 0.25) is 5.91 Å². The van der Waals surface area contributed by atoms with E-state index in [0.717, 1.165) is 55.0 Å². The van der Waals surface area contributed by atoms with Crippen molar-refractivity contribution in [1.82, 2.24) is 5.32 Å². The van der Waals surface area contributed by atoms with Crippen molar-refractivity contribution < 1.29 is 24.0 Å². The Morgan fingerprint density at radius 2 is 2.07 bits per heavy atom. The van der Waals surface area contributed by atoms with Crippen LogP contribution in [0.4, 0.5) is 0 Å². The van der Waals surface area contributed by atoms with Crippen LogP contribution in [0.2, 0.25) is 0 Å². The normalized spacial score (nSPS) is 24.0. The molecule has 7 heteroatoms. The maximum Gasteiger partial charge on any atom is 0.275 e. The van der Waals surface area contributed by atoms with Crippen molar-refractivity contribution in [3.8, 4) is 11.5 Å². The summed E-state index contributed by atoms with van der Waals surface area (Å²) in [5, 5.41) is 2.99. The molecule has 0 bridgehead atoms. The van der Waals surface area contributed by atoms with Crippen LogP contribution in [0.25, 0.3) is 0 Å². The molecule has 27 heavy (non-hydrogen) atoms. The highest BCUT2D eigenvalue weighted by Gasteiger charge is 2.27. The van der Waals surface area contributed by atoms with Crippen molar-refractivity contribution in [1.29, 1.82) is 0 Å². The fraction of sp³-hybridized carbons (Fsp3) is 0.600. The predicted molar refractivity (Wildman–Crippen MR) is 101 cm³/mol. The molecule has 0 unspecified atom stereocenters. The Balaban J connectivity index is 1.54. The summed E-state index contributed by atoms with van der Waals surface area (Å²) in [5.41, 5.74) is 7.45. The van der Waals surface area contributed by atoms with Gasteiger partial charge in [-0.25, -0.2) is 0 Å². The monoisotopic (exact) mass is 376 g/mol. The van der Waals surface area contributed by atoms with E-state index in [1.165, 1.54) is 4.90 Å². The number of carbonyl (C=O) groups excluding carboxylic acids is 2. The highest BCUT2D eigenvalue weighted by molar-refractivity contribution is 5.77. The third-order valence-electron chi connectivity index (χ3n) is 5.36. The van der Waals surface area contributed by atoms with E-state index in [1.807, 2.05) is 26.0 Å². The largest absolute Gasteiger partial charge is 0.494 e. The van der Waals surface area contributed by atoms with Crippen LogP contribution in [0.5, 0.6) is 11.5 Å². The first-order chi connectivity index (χ1) is 13.0. The first-order valence-electron chi connectivity index (χ1n) is 9.81. The number of quaternary nitrogens is 1. The average Bonchev–Trinajstić information content (AvgIpc) is 2.99. The number of carbonyl (C=O) groups is 2. The molecule has 148 valence electrons. The van der Waals surface area contributed by atoms with Gasteiger partial charge in [-0.1, -0.05) is 0 Å². The van der Waals surface area contributed by atoms with Crippen LogP contribution in [-0.2, 0) is 22.6 Å². The van der Waals surface area contributed by atoms with Gasteiger partial charge < -0.3 is 25.4 Å². The van der Waals surface area contributed by atoms with Crippen LogP contribution >= 0.6 is 0 Å². The van der Waals surface area contributed by atoms with Gasteiger partial charge >= 0.3 is 0 Å². The Hall–Kier alpha value is -2.28. The van der Waals surface area contributed by atoms with Gasteiger partial charge in [0.05, 0.1) is 19.7 Å². The van der Waals surface area contributed by atoms with Crippen molar-refractivity contribution in [2.45, 2.75) is 45.8 Å². The number of ether oxygens (including phenoxy) is 2. The van der Waals surface area contributed by atoms with Crippen molar-refractivity contribution in [3.05, 3.63) is 23.3 Å². The summed E-state index contributed by atoms with van der Waals surface area (Å²) in [4.78, 5) is 24.8. The zero-order valence-corrected chi connectivity index (χ0v) is 16.2. The number of primary amides is 1. The number of hydrogen-bond acceptors (Lipinski definition) is 4. The minimum atomic E-state index is -0.227. The molecule has 7 nitrogen and oxygen atoms in total. The van der Waals surface area contributed by atoms with E-state index in [0.29, 0.717) is 19.7 Å². The molecule has 1 aromatic rings. The van der Waals surface area contributed by atoms with Gasteiger partial charge in [-0.05, 0) is 26.0 Å². The summed E-state index contributed by atoms with van der Waals surface area (Å²) in [6.45, 7) is 7.00. The molecule has 3 rings (SSSR count). The van der Waals surface area contributed by atoms with E-state index in [9.17, 15) is 9.59 Å². The van der Waals surface area contributed by atoms with Gasteiger partial charge in [0.15, 0.2) is 6.54 Å². The SMILES string of the molecule is CCOc1cc2c(cc1CNC(=O)C[NH+]1CCC(C(N)=O)CC1)O[C@H](C)C2. The number of piperidine rings is 1. The zero-order chi connectivity index (χ0) is 19.4. The van der Waals surface area contributed by atoms with Crippen LogP contribution in [0.3, 0.4) is 0 Å². The zero-order valence-electron chi connectivity index (χ0n) is 16.2. The lowest BCUT2D eigenvalue weighted by molar-refractivity contribution is -0.897. The fourth-order valence-electron chi connectivity index (χ4n) is 3.88. The molecule has 0 aromatic heterocycles. The Morgan fingerprint density at radius 1 is 1.33 bits per heavy atom. The van der Waals surface area contributed by atoms with Crippen LogP contribution in [0, 0.1) is 5.92 Å². The van der Waals surface area contributed by atoms with E-state index in [-0.39, 0.29) is 23.8 Å². The summed E-state index contributed by atoms with van der Waals surface area (Å²) in [6.07, 6.45) is 2.57. The van der Waals surface area contributed by atoms with Gasteiger partial charge in [0, 0.05) is 42.9 Å². The summed E-state index contributed by atoms with van der Waals surface area (Å²) in [6, 6.07) is 4.01. The van der Waals surface area contributed by atoms with Crippen LogP contribution < -0.4 is 25.4 Å². The number of nitrogens with one attached hydrogen (secondary N) is 2. The summed E-state index contributed by atoms with van der Waals surface area (Å²) >= 11 is 0. The molecule has 0 saturated carbocycles. The molecular weight excluding hydrogens is 346 g/mol. The molecule has 2 heterocycles. The molecule has 1 fully saturated rings. The minimum Gasteiger partial charge on any atom is -0.494 e. The van der Waals surface area contributed by atoms with E-state index < -0.39 is 0 Å². The molecule has 1 aromatic carbocycles. The molecule has 0 aliphatic carbocycles. The van der Waals surface area contributed by atoms with E-state index in [4.69, 9.17) is 15.2 Å². The number of rotatable bonds is 7. The maximum atomic E-state index is 12.4. The third kappa shape index (κ3) is 4.91. The number of likely N-dealkylation sites (tertiary alicyclic amines) is 1. The molecule has 0 spiro atoms. The highest BCUT2D eigenvalue weighted by Crippen LogP contribution is 2.35. The smallest absolute Gasteiger partial charge is 0.275 e. The van der Waals surface area contributed by atoms with Crippen molar-refractivity contribution in [2.24, 2.45) is 11.7 Å². The van der Waals surface area contributed by atoms with Crippen molar-refractivity contribution >= 4 is 11.8 Å². The lowest BCUT2D eigenvalue weighted by atomic mass is 9.96.